The van der Waals surface area contributed by atoms with Gasteiger partial charge in [0.05, 0.1) is 11.2 Å². The van der Waals surface area contributed by atoms with Crippen LogP contribution in [0.25, 0.3) is 5.03 Å². The number of carbonyl (C=O) groups is 1. The summed E-state index contributed by atoms with van der Waals surface area (Å²) in [6.45, 7) is 0. The van der Waals surface area contributed by atoms with E-state index in [9.17, 15) is 4.79 Å². The number of hydrogen-bond donors (Lipinski definition) is 2. The number of halogens is 1. The topological polar surface area (TPSA) is 53.5 Å². The van der Waals surface area contributed by atoms with Crippen molar-refractivity contribution in [2.75, 3.05) is 5.32 Å². The lowest BCUT2D eigenvalue weighted by Gasteiger charge is -2.17. The molecule has 5 heteroatoms. The van der Waals surface area contributed by atoms with Gasteiger partial charge in [0.1, 0.15) is 0 Å². The van der Waals surface area contributed by atoms with Gasteiger partial charge in [0.2, 0.25) is 0 Å². The number of aryl methyl sites for hydroxylation is 1. The van der Waals surface area contributed by atoms with Crippen LogP contribution in [0.4, 0.5) is 10.5 Å². The average molecular weight is 326 g/mol. The Kier molecular flexibility index (Phi) is 4.74. The summed E-state index contributed by atoms with van der Waals surface area (Å²) in [5, 5.41) is 7.37. The lowest BCUT2D eigenvalue weighted by Crippen LogP contribution is -2.24. The van der Waals surface area contributed by atoms with Crippen LogP contribution in [0.15, 0.2) is 65.3 Å². The molecule has 0 aromatic heterocycles. The molecule has 0 radical (unpaired) electrons. The molecule has 0 saturated heterocycles. The van der Waals surface area contributed by atoms with Crippen molar-refractivity contribution < 1.29 is 4.79 Å². The van der Waals surface area contributed by atoms with Gasteiger partial charge in [-0.05, 0) is 41.7 Å². The highest BCUT2D eigenvalue weighted by Gasteiger charge is 2.15. The zero-order valence-electron chi connectivity index (χ0n) is 12.4. The molecule has 0 atom stereocenters. The lowest BCUT2D eigenvalue weighted by atomic mass is 9.92. The Morgan fingerprint density at radius 1 is 1.04 bits per heavy atom. The van der Waals surface area contributed by atoms with Crippen LogP contribution in [0.2, 0.25) is 0 Å². The molecule has 23 heavy (non-hydrogen) atoms. The van der Waals surface area contributed by atoms with Gasteiger partial charge in [0.15, 0.2) is 0 Å². The third kappa shape index (κ3) is 3.79. The summed E-state index contributed by atoms with van der Waals surface area (Å²) in [7, 11) is 0. The van der Waals surface area contributed by atoms with Crippen LogP contribution in [0, 0.1) is 0 Å². The first-order chi connectivity index (χ1) is 11.2. The fourth-order valence-corrected chi connectivity index (χ4v) is 2.80. The zero-order valence-corrected chi connectivity index (χ0v) is 13.2. The molecule has 4 nitrogen and oxygen atoms in total. The van der Waals surface area contributed by atoms with E-state index in [1.165, 1.54) is 5.56 Å². The minimum absolute atomic E-state index is 0.389. The number of rotatable bonds is 3. The average Bonchev–Trinajstić information content (AvgIpc) is 2.58. The van der Waals surface area contributed by atoms with Crippen molar-refractivity contribution in [3.8, 4) is 0 Å². The van der Waals surface area contributed by atoms with E-state index in [2.05, 4.69) is 21.9 Å². The van der Waals surface area contributed by atoms with E-state index < -0.39 is 0 Å². The SMILES string of the molecule is O=C(N/N=C\C1=C(Cl)c2ccccc2CC1)Nc1ccccc1. The number of allylic oxidation sites excluding steroid dienone is 1. The molecule has 2 N–H and O–H groups in total. The Morgan fingerprint density at radius 3 is 2.61 bits per heavy atom. The molecule has 3 rings (SSSR count). The second-order valence-corrected chi connectivity index (χ2v) is 5.56. The van der Waals surface area contributed by atoms with Gasteiger partial charge in [-0.15, -0.1) is 0 Å². The van der Waals surface area contributed by atoms with Gasteiger partial charge in [-0.1, -0.05) is 54.1 Å². The predicted molar refractivity (Wildman–Crippen MR) is 94.6 cm³/mol. The van der Waals surface area contributed by atoms with Crippen LogP contribution >= 0.6 is 11.6 Å². The molecule has 2 amide bonds. The largest absolute Gasteiger partial charge is 0.339 e. The summed E-state index contributed by atoms with van der Waals surface area (Å²) in [5.41, 5.74) is 6.36. The summed E-state index contributed by atoms with van der Waals surface area (Å²) >= 11 is 6.42. The molecule has 1 aliphatic carbocycles. The number of para-hydroxylation sites is 1. The van der Waals surface area contributed by atoms with Crippen LogP contribution in [0.3, 0.4) is 0 Å². The predicted octanol–water partition coefficient (Wildman–Crippen LogP) is 4.39. The molecule has 2 aromatic carbocycles. The smallest absolute Gasteiger partial charge is 0.307 e. The van der Waals surface area contributed by atoms with E-state index >= 15 is 0 Å². The van der Waals surface area contributed by atoms with Gasteiger partial charge in [0.25, 0.3) is 0 Å². The molecule has 0 spiro atoms. The Bertz CT molecular complexity index is 769. The number of hydrogen-bond acceptors (Lipinski definition) is 2. The first-order valence-corrected chi connectivity index (χ1v) is 7.74. The van der Waals surface area contributed by atoms with Crippen LogP contribution in [-0.4, -0.2) is 12.2 Å². The number of fused-ring (bicyclic) bond motifs is 1. The first kappa shape index (κ1) is 15.3. The minimum Gasteiger partial charge on any atom is -0.307 e. The Labute approximate surface area is 139 Å². The normalized spacial score (nSPS) is 13.8. The summed E-state index contributed by atoms with van der Waals surface area (Å²) in [6.07, 6.45) is 3.34. The number of carbonyl (C=O) groups excluding carboxylic acids is 1. The molecule has 0 heterocycles. The minimum atomic E-state index is -0.389. The third-order valence-corrected chi connectivity index (χ3v) is 4.06. The fraction of sp³-hybridized carbons (Fsp3) is 0.111. The maximum atomic E-state index is 11.7. The molecule has 116 valence electrons. The number of urea groups is 1. The number of hydrazone groups is 1. The summed E-state index contributed by atoms with van der Waals surface area (Å²) in [6, 6.07) is 16.9. The van der Waals surface area contributed by atoms with Crippen molar-refractivity contribution in [3.63, 3.8) is 0 Å². The van der Waals surface area contributed by atoms with E-state index in [-0.39, 0.29) is 6.03 Å². The van der Waals surface area contributed by atoms with Crippen molar-refractivity contribution in [2.45, 2.75) is 12.8 Å². The highest BCUT2D eigenvalue weighted by molar-refractivity contribution is 6.50. The molecule has 0 aliphatic heterocycles. The summed E-state index contributed by atoms with van der Waals surface area (Å²) < 4.78 is 0. The Balaban J connectivity index is 1.63. The van der Waals surface area contributed by atoms with Crippen molar-refractivity contribution in [1.29, 1.82) is 0 Å². The van der Waals surface area contributed by atoms with E-state index in [0.717, 1.165) is 24.0 Å². The number of nitrogens with one attached hydrogen (secondary N) is 2. The van der Waals surface area contributed by atoms with Crippen molar-refractivity contribution >= 4 is 34.6 Å². The number of anilines is 1. The summed E-state index contributed by atoms with van der Waals surface area (Å²) in [5.74, 6) is 0. The van der Waals surface area contributed by atoms with Crippen LogP contribution in [0.5, 0.6) is 0 Å². The molecule has 1 aliphatic rings. The van der Waals surface area contributed by atoms with Gasteiger partial charge in [-0.3, -0.25) is 0 Å². The Morgan fingerprint density at radius 2 is 1.78 bits per heavy atom. The molecule has 0 unspecified atom stereocenters. The Hall–Kier alpha value is -2.59. The zero-order chi connectivity index (χ0) is 16.1. The van der Waals surface area contributed by atoms with Crippen molar-refractivity contribution in [2.24, 2.45) is 5.10 Å². The summed E-state index contributed by atoms with van der Waals surface area (Å²) in [4.78, 5) is 11.7. The van der Waals surface area contributed by atoms with E-state index in [0.29, 0.717) is 10.7 Å². The highest BCUT2D eigenvalue weighted by Crippen LogP contribution is 2.32. The standard InChI is InChI=1S/C18H16ClN3O/c19-17-14(11-10-13-6-4-5-9-16(13)17)12-20-22-18(23)21-15-7-2-1-3-8-15/h1-9,12H,10-11H2,(H2,21,22,23)/b20-12-. The number of amides is 2. The van der Waals surface area contributed by atoms with Gasteiger partial charge in [0, 0.05) is 5.69 Å². The van der Waals surface area contributed by atoms with Crippen LogP contribution in [0.1, 0.15) is 17.5 Å². The van der Waals surface area contributed by atoms with Crippen LogP contribution in [-0.2, 0) is 6.42 Å². The lowest BCUT2D eigenvalue weighted by molar-refractivity contribution is 0.252. The van der Waals surface area contributed by atoms with Gasteiger partial charge in [-0.25, -0.2) is 10.2 Å². The van der Waals surface area contributed by atoms with E-state index in [4.69, 9.17) is 11.6 Å². The quantitative estimate of drug-likeness (QED) is 0.638. The second-order valence-electron chi connectivity index (χ2n) is 5.19. The maximum absolute atomic E-state index is 11.7. The van der Waals surface area contributed by atoms with Crippen molar-refractivity contribution in [1.82, 2.24) is 5.43 Å². The highest BCUT2D eigenvalue weighted by atomic mass is 35.5. The molecule has 0 saturated carbocycles. The van der Waals surface area contributed by atoms with Crippen molar-refractivity contribution in [3.05, 3.63) is 71.3 Å². The maximum Gasteiger partial charge on any atom is 0.339 e. The van der Waals surface area contributed by atoms with E-state index in [1.807, 2.05) is 36.4 Å². The van der Waals surface area contributed by atoms with Gasteiger partial charge in [-0.2, -0.15) is 5.10 Å². The monoisotopic (exact) mass is 325 g/mol. The van der Waals surface area contributed by atoms with Gasteiger partial charge >= 0.3 is 6.03 Å². The van der Waals surface area contributed by atoms with Crippen LogP contribution < -0.4 is 10.7 Å². The second kappa shape index (κ2) is 7.11. The molecule has 2 aromatic rings. The fourth-order valence-electron chi connectivity index (χ4n) is 2.48. The molecule has 0 bridgehead atoms. The first-order valence-electron chi connectivity index (χ1n) is 7.36. The van der Waals surface area contributed by atoms with Gasteiger partial charge < -0.3 is 5.32 Å². The van der Waals surface area contributed by atoms with E-state index in [1.54, 1.807) is 18.3 Å². The third-order valence-electron chi connectivity index (χ3n) is 3.62. The molecular formula is C18H16ClN3O. The molecular weight excluding hydrogens is 310 g/mol. The number of benzene rings is 2. The number of nitrogens with zero attached hydrogens (tertiary/aromatic N) is 1. The molecule has 0 fully saturated rings.